The molecule has 0 aliphatic carbocycles. The molecule has 8 nitrogen and oxygen atoms in total. The number of hydrogen-bond acceptors (Lipinski definition) is 6. The Hall–Kier alpha value is -3.49. The molecule has 0 saturated carbocycles. The third-order valence-electron chi connectivity index (χ3n) is 4.52. The van der Waals surface area contributed by atoms with E-state index >= 15 is 0 Å². The average Bonchev–Trinajstić information content (AvgIpc) is 3.23. The summed E-state index contributed by atoms with van der Waals surface area (Å²) in [4.78, 5) is 20.5. The van der Waals surface area contributed by atoms with Crippen LogP contribution in [0.2, 0.25) is 0 Å². The standard InChI is InChI=1S/C19H15F6N5O3S/c1-10(15-16(27-4-3-26-15)30-9-14(8-28-30)34(2,32)33)29-17(31)11-5-12(18(20,21)22)7-13(6-11)19(23,24)25/h3-10H,1-2H3,(H,29,31). The Balaban J connectivity index is 1.95. The van der Waals surface area contributed by atoms with E-state index < -0.39 is 50.8 Å². The molecule has 3 rings (SSSR count). The number of rotatable bonds is 5. The second-order valence-corrected chi connectivity index (χ2v) is 9.16. The van der Waals surface area contributed by atoms with E-state index in [9.17, 15) is 39.6 Å². The second kappa shape index (κ2) is 8.70. The van der Waals surface area contributed by atoms with Crippen LogP contribution in [-0.2, 0) is 22.2 Å². The number of nitrogens with one attached hydrogen (secondary N) is 1. The van der Waals surface area contributed by atoms with Crippen molar-refractivity contribution in [2.45, 2.75) is 30.2 Å². The Bertz CT molecular complexity index is 1300. The topological polar surface area (TPSA) is 107 Å². The molecule has 1 amide bonds. The highest BCUT2D eigenvalue weighted by Gasteiger charge is 2.37. The third-order valence-corrected chi connectivity index (χ3v) is 5.59. The van der Waals surface area contributed by atoms with E-state index in [1.807, 2.05) is 0 Å². The monoisotopic (exact) mass is 507 g/mol. The molecular formula is C19H15F6N5O3S. The Labute approximate surface area is 188 Å². The number of carbonyl (C=O) groups is 1. The molecule has 0 fully saturated rings. The van der Waals surface area contributed by atoms with Gasteiger partial charge < -0.3 is 5.32 Å². The maximum absolute atomic E-state index is 13.1. The van der Waals surface area contributed by atoms with Crippen molar-refractivity contribution in [3.63, 3.8) is 0 Å². The van der Waals surface area contributed by atoms with E-state index in [0.717, 1.165) is 23.3 Å². The van der Waals surface area contributed by atoms with E-state index in [1.54, 1.807) is 0 Å². The molecule has 1 unspecified atom stereocenters. The summed E-state index contributed by atoms with van der Waals surface area (Å²) in [7, 11) is -3.60. The summed E-state index contributed by atoms with van der Waals surface area (Å²) in [6.07, 6.45) is -4.60. The number of benzene rings is 1. The first-order chi connectivity index (χ1) is 15.6. The molecule has 15 heteroatoms. The minimum Gasteiger partial charge on any atom is -0.344 e. The normalized spacial score (nSPS) is 13.5. The Kier molecular flexibility index (Phi) is 6.43. The highest BCUT2D eigenvalue weighted by molar-refractivity contribution is 7.90. The van der Waals surface area contributed by atoms with E-state index in [2.05, 4.69) is 20.4 Å². The zero-order chi connectivity index (χ0) is 25.5. The molecule has 3 aromatic rings. The van der Waals surface area contributed by atoms with Gasteiger partial charge in [-0.25, -0.2) is 18.1 Å². The number of carbonyl (C=O) groups excluding carboxylic acids is 1. The molecule has 0 saturated heterocycles. The minimum absolute atomic E-state index is 0.00905. The maximum Gasteiger partial charge on any atom is 0.416 e. The zero-order valence-corrected chi connectivity index (χ0v) is 18.1. The molecule has 1 aromatic carbocycles. The van der Waals surface area contributed by atoms with Crippen molar-refractivity contribution in [2.24, 2.45) is 0 Å². The maximum atomic E-state index is 13.1. The molecule has 0 spiro atoms. The van der Waals surface area contributed by atoms with Crippen LogP contribution in [0.5, 0.6) is 0 Å². The Morgan fingerprint density at radius 1 is 1.00 bits per heavy atom. The van der Waals surface area contributed by atoms with Gasteiger partial charge in [-0.3, -0.25) is 9.78 Å². The van der Waals surface area contributed by atoms with Gasteiger partial charge in [0.05, 0.1) is 29.6 Å². The minimum atomic E-state index is -5.11. The van der Waals surface area contributed by atoms with Crippen molar-refractivity contribution in [3.8, 4) is 5.82 Å². The number of sulfone groups is 1. The molecular weight excluding hydrogens is 492 g/mol. The molecule has 1 N–H and O–H groups in total. The molecule has 0 aliphatic rings. The van der Waals surface area contributed by atoms with Gasteiger partial charge in [-0.05, 0) is 25.1 Å². The van der Waals surface area contributed by atoms with Crippen LogP contribution in [0, 0.1) is 0 Å². The summed E-state index contributed by atoms with van der Waals surface area (Å²) < 4.78 is 103. The van der Waals surface area contributed by atoms with E-state index in [1.165, 1.54) is 19.3 Å². The third kappa shape index (κ3) is 5.52. The van der Waals surface area contributed by atoms with Crippen LogP contribution >= 0.6 is 0 Å². The van der Waals surface area contributed by atoms with Gasteiger partial charge in [0.2, 0.25) is 0 Å². The largest absolute Gasteiger partial charge is 0.416 e. The number of hydrogen-bond donors (Lipinski definition) is 1. The van der Waals surface area contributed by atoms with Crippen LogP contribution in [0.1, 0.15) is 40.1 Å². The first-order valence-corrected chi connectivity index (χ1v) is 11.1. The SMILES string of the molecule is CC(NC(=O)c1cc(C(F)(F)F)cc(C(F)(F)F)c1)c1nccnc1-n1cc(S(C)(=O)=O)cn1. The first kappa shape index (κ1) is 25.1. The van der Waals surface area contributed by atoms with Crippen molar-refractivity contribution >= 4 is 15.7 Å². The number of halogens is 6. The van der Waals surface area contributed by atoms with E-state index in [0.29, 0.717) is 12.1 Å². The number of aromatic nitrogens is 4. The van der Waals surface area contributed by atoms with E-state index in [4.69, 9.17) is 0 Å². The van der Waals surface area contributed by atoms with Gasteiger partial charge >= 0.3 is 12.4 Å². The lowest BCUT2D eigenvalue weighted by molar-refractivity contribution is -0.143. The highest BCUT2D eigenvalue weighted by Crippen LogP contribution is 2.36. The van der Waals surface area contributed by atoms with Crippen LogP contribution in [0.25, 0.3) is 5.82 Å². The first-order valence-electron chi connectivity index (χ1n) is 9.23. The summed E-state index contributed by atoms with van der Waals surface area (Å²) in [5, 5.41) is 6.16. The lowest BCUT2D eigenvalue weighted by Gasteiger charge is -2.18. The highest BCUT2D eigenvalue weighted by atomic mass is 32.2. The zero-order valence-electron chi connectivity index (χ0n) is 17.3. The fourth-order valence-corrected chi connectivity index (χ4v) is 3.40. The van der Waals surface area contributed by atoms with Crippen molar-refractivity contribution in [1.29, 1.82) is 0 Å². The fraction of sp³-hybridized carbons (Fsp3) is 0.263. The van der Waals surface area contributed by atoms with Gasteiger partial charge in [0.15, 0.2) is 15.7 Å². The predicted molar refractivity (Wildman–Crippen MR) is 105 cm³/mol. The lowest BCUT2D eigenvalue weighted by Crippen LogP contribution is -2.29. The van der Waals surface area contributed by atoms with Crippen LogP contribution < -0.4 is 5.32 Å². The molecule has 2 aromatic heterocycles. The number of amides is 1. The molecule has 34 heavy (non-hydrogen) atoms. The Morgan fingerprint density at radius 2 is 1.56 bits per heavy atom. The van der Waals surface area contributed by atoms with Crippen molar-refractivity contribution in [3.05, 3.63) is 65.4 Å². The fourth-order valence-electron chi connectivity index (χ4n) is 2.87. The smallest absolute Gasteiger partial charge is 0.344 e. The summed E-state index contributed by atoms with van der Waals surface area (Å²) >= 11 is 0. The van der Waals surface area contributed by atoms with Gasteiger partial charge in [0, 0.05) is 24.2 Å². The van der Waals surface area contributed by atoms with Crippen LogP contribution in [0.15, 0.2) is 47.9 Å². The van der Waals surface area contributed by atoms with Crippen LogP contribution in [-0.4, -0.2) is 40.3 Å². The van der Waals surface area contributed by atoms with Crippen LogP contribution in [0.3, 0.4) is 0 Å². The Morgan fingerprint density at radius 3 is 2.06 bits per heavy atom. The van der Waals surface area contributed by atoms with Gasteiger partial charge in [-0.2, -0.15) is 31.4 Å². The number of nitrogens with zero attached hydrogens (tertiary/aromatic N) is 4. The van der Waals surface area contributed by atoms with Crippen LogP contribution in [0.4, 0.5) is 26.3 Å². The van der Waals surface area contributed by atoms with Gasteiger partial charge in [-0.15, -0.1) is 0 Å². The lowest BCUT2D eigenvalue weighted by atomic mass is 10.0. The van der Waals surface area contributed by atoms with Gasteiger partial charge in [0.25, 0.3) is 5.91 Å². The molecule has 0 radical (unpaired) electrons. The average molecular weight is 507 g/mol. The quantitative estimate of drug-likeness (QED) is 0.529. The van der Waals surface area contributed by atoms with Gasteiger partial charge in [0.1, 0.15) is 10.6 Å². The summed E-state index contributed by atoms with van der Waals surface area (Å²) in [6.45, 7) is 1.37. The van der Waals surface area contributed by atoms with Crippen molar-refractivity contribution in [2.75, 3.05) is 6.26 Å². The van der Waals surface area contributed by atoms with Gasteiger partial charge in [-0.1, -0.05) is 0 Å². The van der Waals surface area contributed by atoms with Crippen molar-refractivity contribution < 1.29 is 39.6 Å². The molecule has 182 valence electrons. The van der Waals surface area contributed by atoms with E-state index in [-0.39, 0.29) is 22.5 Å². The summed E-state index contributed by atoms with van der Waals surface area (Å²) in [5.74, 6) is -1.23. The summed E-state index contributed by atoms with van der Waals surface area (Å²) in [5.41, 5.74) is -4.10. The van der Waals surface area contributed by atoms with Crippen molar-refractivity contribution in [1.82, 2.24) is 25.1 Å². The molecule has 1 atom stereocenters. The molecule has 0 bridgehead atoms. The predicted octanol–water partition coefficient (Wildman–Crippen LogP) is 3.59. The molecule has 2 heterocycles. The second-order valence-electron chi connectivity index (χ2n) is 7.15. The molecule has 0 aliphatic heterocycles. The number of alkyl halides is 6. The summed E-state index contributed by atoms with van der Waals surface area (Å²) in [6, 6.07) is -0.537.